The van der Waals surface area contributed by atoms with Crippen molar-refractivity contribution in [2.24, 2.45) is 11.1 Å². The maximum Gasteiger partial charge on any atom is 0.00965 e. The smallest absolute Gasteiger partial charge is 0.00965 e. The van der Waals surface area contributed by atoms with Gasteiger partial charge in [0.1, 0.15) is 0 Å². The average Bonchev–Trinajstić information content (AvgIpc) is 2.12. The largest absolute Gasteiger partial charge is 0.327 e. The third-order valence-corrected chi connectivity index (χ3v) is 3.83. The van der Waals surface area contributed by atoms with E-state index in [9.17, 15) is 0 Å². The van der Waals surface area contributed by atoms with E-state index < -0.39 is 0 Å². The van der Waals surface area contributed by atoms with Crippen LogP contribution in [0, 0.1) is 5.41 Å². The number of piperidine rings is 1. The first kappa shape index (κ1) is 8.52. The molecule has 2 rings (SSSR count). The Morgan fingerprint density at radius 2 is 1.83 bits per heavy atom. The second-order valence-corrected chi connectivity index (χ2v) is 4.46. The van der Waals surface area contributed by atoms with Gasteiger partial charge < -0.3 is 11.1 Å². The van der Waals surface area contributed by atoms with E-state index in [4.69, 9.17) is 5.73 Å². The maximum atomic E-state index is 6.22. The summed E-state index contributed by atoms with van der Waals surface area (Å²) in [5.74, 6) is 0. The van der Waals surface area contributed by atoms with Crippen molar-refractivity contribution in [1.82, 2.24) is 5.32 Å². The monoisotopic (exact) mass is 168 g/mol. The molecule has 0 aromatic carbocycles. The first-order valence-electron chi connectivity index (χ1n) is 5.30. The Bertz CT molecular complexity index is 142. The second kappa shape index (κ2) is 3.35. The lowest BCUT2D eigenvalue weighted by Gasteiger charge is -2.45. The molecule has 12 heavy (non-hydrogen) atoms. The lowest BCUT2D eigenvalue weighted by atomic mass is 9.65. The van der Waals surface area contributed by atoms with E-state index in [0.717, 1.165) is 0 Å². The molecule has 3 N–H and O–H groups in total. The molecule has 0 amide bonds. The van der Waals surface area contributed by atoms with Crippen molar-refractivity contribution in [2.45, 2.75) is 44.6 Å². The first-order chi connectivity index (χ1) is 5.83. The Hall–Kier alpha value is -0.0800. The van der Waals surface area contributed by atoms with Crippen molar-refractivity contribution in [3.8, 4) is 0 Å². The molecule has 2 nitrogen and oxygen atoms in total. The standard InChI is InChI=1S/C10H20N2/c11-9-3-1-2-4-10(9)5-7-12-8-6-10/h9,12H,1-8,11H2. The molecule has 70 valence electrons. The number of nitrogens with one attached hydrogen (secondary N) is 1. The molecule has 2 heteroatoms. The number of rotatable bonds is 0. The number of nitrogens with two attached hydrogens (primary N) is 1. The van der Waals surface area contributed by atoms with Crippen LogP contribution in [0.4, 0.5) is 0 Å². The van der Waals surface area contributed by atoms with E-state index in [1.54, 1.807) is 0 Å². The van der Waals surface area contributed by atoms with Crippen LogP contribution in [0.15, 0.2) is 0 Å². The van der Waals surface area contributed by atoms with Crippen LogP contribution >= 0.6 is 0 Å². The summed E-state index contributed by atoms with van der Waals surface area (Å²) >= 11 is 0. The molecule has 1 heterocycles. The Morgan fingerprint density at radius 3 is 2.50 bits per heavy atom. The minimum Gasteiger partial charge on any atom is -0.327 e. The first-order valence-corrected chi connectivity index (χ1v) is 5.30. The Labute approximate surface area is 74.9 Å². The molecule has 1 saturated heterocycles. The van der Waals surface area contributed by atoms with Gasteiger partial charge in [-0.1, -0.05) is 12.8 Å². The molecule has 0 aromatic rings. The van der Waals surface area contributed by atoms with Crippen LogP contribution in [0.25, 0.3) is 0 Å². The van der Waals surface area contributed by atoms with Crippen LogP contribution in [-0.2, 0) is 0 Å². The van der Waals surface area contributed by atoms with E-state index >= 15 is 0 Å². The average molecular weight is 168 g/mol. The van der Waals surface area contributed by atoms with Crippen molar-refractivity contribution < 1.29 is 0 Å². The molecule has 1 saturated carbocycles. The van der Waals surface area contributed by atoms with Gasteiger partial charge in [0.2, 0.25) is 0 Å². The Morgan fingerprint density at radius 1 is 1.08 bits per heavy atom. The van der Waals surface area contributed by atoms with E-state index in [2.05, 4.69) is 5.32 Å². The summed E-state index contributed by atoms with van der Waals surface area (Å²) in [7, 11) is 0. The molecule has 1 atom stereocenters. The van der Waals surface area contributed by atoms with E-state index in [-0.39, 0.29) is 0 Å². The molecular formula is C10H20N2. The van der Waals surface area contributed by atoms with Gasteiger partial charge in [0.05, 0.1) is 0 Å². The maximum absolute atomic E-state index is 6.22. The molecule has 0 bridgehead atoms. The highest BCUT2D eigenvalue weighted by atomic mass is 14.9. The van der Waals surface area contributed by atoms with Gasteiger partial charge in [-0.05, 0) is 44.2 Å². The van der Waals surface area contributed by atoms with Crippen molar-refractivity contribution in [2.75, 3.05) is 13.1 Å². The van der Waals surface area contributed by atoms with E-state index in [0.29, 0.717) is 11.5 Å². The van der Waals surface area contributed by atoms with Crippen molar-refractivity contribution in [3.05, 3.63) is 0 Å². The van der Waals surface area contributed by atoms with E-state index in [1.165, 1.54) is 51.6 Å². The molecule has 1 aliphatic carbocycles. The zero-order chi connectivity index (χ0) is 8.44. The van der Waals surface area contributed by atoms with Crippen LogP contribution in [0.3, 0.4) is 0 Å². The van der Waals surface area contributed by atoms with Gasteiger partial charge in [-0.2, -0.15) is 0 Å². The van der Waals surface area contributed by atoms with Crippen molar-refractivity contribution in [3.63, 3.8) is 0 Å². The van der Waals surface area contributed by atoms with Crippen molar-refractivity contribution >= 4 is 0 Å². The van der Waals surface area contributed by atoms with Crippen LogP contribution in [0.1, 0.15) is 38.5 Å². The quantitative estimate of drug-likeness (QED) is 0.571. The molecule has 1 unspecified atom stereocenters. The molecule has 0 aromatic heterocycles. The predicted molar refractivity (Wildman–Crippen MR) is 51.0 cm³/mol. The topological polar surface area (TPSA) is 38.0 Å². The predicted octanol–water partition coefficient (Wildman–Crippen LogP) is 1.26. The normalized spacial score (nSPS) is 35.2. The van der Waals surface area contributed by atoms with Gasteiger partial charge in [-0.3, -0.25) is 0 Å². The van der Waals surface area contributed by atoms with Gasteiger partial charge in [0.15, 0.2) is 0 Å². The third kappa shape index (κ3) is 1.38. The summed E-state index contributed by atoms with van der Waals surface area (Å²) in [6, 6.07) is 0.494. The fourth-order valence-electron chi connectivity index (χ4n) is 2.88. The lowest BCUT2D eigenvalue weighted by Crippen LogP contribution is -2.50. The summed E-state index contributed by atoms with van der Waals surface area (Å²) in [5, 5.41) is 3.42. The molecule has 0 radical (unpaired) electrons. The molecule has 1 aliphatic heterocycles. The molecule has 1 spiro atoms. The fourth-order valence-corrected chi connectivity index (χ4v) is 2.88. The van der Waals surface area contributed by atoms with Gasteiger partial charge in [0, 0.05) is 6.04 Å². The second-order valence-electron chi connectivity index (χ2n) is 4.46. The minimum atomic E-state index is 0.494. The Kier molecular flexibility index (Phi) is 2.37. The summed E-state index contributed by atoms with van der Waals surface area (Å²) in [4.78, 5) is 0. The molecule has 2 fully saturated rings. The molecular weight excluding hydrogens is 148 g/mol. The SMILES string of the molecule is NC1CCCCC12CCNCC2. The lowest BCUT2D eigenvalue weighted by molar-refractivity contribution is 0.105. The third-order valence-electron chi connectivity index (χ3n) is 3.83. The van der Waals surface area contributed by atoms with Crippen molar-refractivity contribution in [1.29, 1.82) is 0 Å². The number of hydrogen-bond donors (Lipinski definition) is 2. The fraction of sp³-hybridized carbons (Fsp3) is 1.00. The highest BCUT2D eigenvalue weighted by Gasteiger charge is 2.39. The summed E-state index contributed by atoms with van der Waals surface area (Å²) < 4.78 is 0. The highest BCUT2D eigenvalue weighted by Crippen LogP contribution is 2.42. The van der Waals surface area contributed by atoms with Crippen LogP contribution in [0.2, 0.25) is 0 Å². The summed E-state index contributed by atoms with van der Waals surface area (Å²) in [5.41, 5.74) is 6.75. The zero-order valence-electron chi connectivity index (χ0n) is 7.81. The van der Waals surface area contributed by atoms with Gasteiger partial charge >= 0.3 is 0 Å². The van der Waals surface area contributed by atoms with Crippen LogP contribution in [-0.4, -0.2) is 19.1 Å². The van der Waals surface area contributed by atoms with Crippen LogP contribution < -0.4 is 11.1 Å². The van der Waals surface area contributed by atoms with E-state index in [1.807, 2.05) is 0 Å². The molecule has 2 aliphatic rings. The van der Waals surface area contributed by atoms with Gasteiger partial charge in [0.25, 0.3) is 0 Å². The van der Waals surface area contributed by atoms with Gasteiger partial charge in [-0.15, -0.1) is 0 Å². The summed E-state index contributed by atoms with van der Waals surface area (Å²) in [6.07, 6.45) is 8.04. The number of hydrogen-bond acceptors (Lipinski definition) is 2. The van der Waals surface area contributed by atoms with Crippen LogP contribution in [0.5, 0.6) is 0 Å². The highest BCUT2D eigenvalue weighted by molar-refractivity contribution is 4.95. The van der Waals surface area contributed by atoms with Gasteiger partial charge in [-0.25, -0.2) is 0 Å². The zero-order valence-corrected chi connectivity index (χ0v) is 7.81. The Balaban J connectivity index is 2.04. The minimum absolute atomic E-state index is 0.494. The summed E-state index contributed by atoms with van der Waals surface area (Å²) in [6.45, 7) is 2.38.